The third kappa shape index (κ3) is 3.12. The van der Waals surface area contributed by atoms with Crippen LogP contribution in [0.4, 0.5) is 10.6 Å². The number of carbonyl (C=O) groups is 1. The van der Waals surface area contributed by atoms with Crippen molar-refractivity contribution in [2.24, 2.45) is 0 Å². The molecular formula is C7H9N4O4S-. The zero-order chi connectivity index (χ0) is 12.1. The third-order valence-corrected chi connectivity index (χ3v) is 2.49. The molecule has 1 rings (SSSR count). The zero-order valence-corrected chi connectivity index (χ0v) is 9.19. The predicted molar refractivity (Wildman–Crippen MR) is 54.6 cm³/mol. The fraction of sp³-hybridized carbons (Fsp3) is 0.429. The zero-order valence-electron chi connectivity index (χ0n) is 8.37. The van der Waals surface area contributed by atoms with Gasteiger partial charge in [0.05, 0.1) is 5.75 Å². The summed E-state index contributed by atoms with van der Waals surface area (Å²) in [6.45, 7) is 1.94. The summed E-state index contributed by atoms with van der Waals surface area (Å²) < 4.78 is 3.40. The largest absolute Gasteiger partial charge is 0.529 e. The van der Waals surface area contributed by atoms with E-state index in [-0.39, 0.29) is 5.82 Å². The van der Waals surface area contributed by atoms with Gasteiger partial charge in [0.2, 0.25) is 0 Å². The molecule has 1 aromatic heterocycles. The molecule has 88 valence electrons. The highest BCUT2D eigenvalue weighted by molar-refractivity contribution is 7.97. The lowest BCUT2D eigenvalue weighted by atomic mass is 10.6. The summed E-state index contributed by atoms with van der Waals surface area (Å²) in [5, 5.41) is 20.6. The van der Waals surface area contributed by atoms with Crippen LogP contribution in [0, 0.1) is 17.0 Å². The number of amides is 1. The molecule has 16 heavy (non-hydrogen) atoms. The minimum atomic E-state index is -1.39. The normalized spacial score (nSPS) is 10.1. The summed E-state index contributed by atoms with van der Waals surface area (Å²) in [4.78, 5) is 23.9. The standard InChI is InChI=1S/C7H10N4O4S/c1-5-8-4-6(11(14)15)10(5)2-3-16-9-7(12)13/h4,9H,2-3H2,1H3,(H,12,13)/p-1. The molecule has 0 aliphatic heterocycles. The topological polar surface area (TPSA) is 113 Å². The van der Waals surface area contributed by atoms with Crippen LogP contribution in [0.5, 0.6) is 0 Å². The Labute approximate surface area is 94.9 Å². The van der Waals surface area contributed by atoms with Crippen LogP contribution >= 0.6 is 11.9 Å². The number of imidazole rings is 1. The molecule has 1 heterocycles. The third-order valence-electron chi connectivity index (χ3n) is 1.79. The molecule has 0 aliphatic carbocycles. The minimum Gasteiger partial charge on any atom is -0.529 e. The number of nitrogens with zero attached hydrogens (tertiary/aromatic N) is 3. The summed E-state index contributed by atoms with van der Waals surface area (Å²) in [5.41, 5.74) is 0. The van der Waals surface area contributed by atoms with Crippen LogP contribution in [0.25, 0.3) is 0 Å². The molecule has 1 aromatic rings. The lowest BCUT2D eigenvalue weighted by Gasteiger charge is -2.05. The molecule has 8 nitrogen and oxygen atoms in total. The molecule has 9 heteroatoms. The number of aromatic nitrogens is 2. The lowest BCUT2D eigenvalue weighted by molar-refractivity contribution is -0.392. The molecule has 0 fully saturated rings. The van der Waals surface area contributed by atoms with Crippen molar-refractivity contribution in [2.75, 3.05) is 5.75 Å². The SMILES string of the molecule is Cc1ncc([N+](=O)[O-])n1CCSNC(=O)[O-]. The molecule has 0 saturated carbocycles. The summed E-state index contributed by atoms with van der Waals surface area (Å²) in [7, 11) is 0. The number of carboxylic acid groups (broad SMARTS) is 1. The highest BCUT2D eigenvalue weighted by Crippen LogP contribution is 2.13. The minimum absolute atomic E-state index is 0.105. The molecule has 0 radical (unpaired) electrons. The monoisotopic (exact) mass is 245 g/mol. The highest BCUT2D eigenvalue weighted by atomic mass is 32.2. The molecule has 0 atom stereocenters. The van der Waals surface area contributed by atoms with E-state index < -0.39 is 11.0 Å². The van der Waals surface area contributed by atoms with Crippen LogP contribution in [0.3, 0.4) is 0 Å². The Hall–Kier alpha value is -1.77. The van der Waals surface area contributed by atoms with Crippen LogP contribution in [0.1, 0.15) is 5.82 Å². The van der Waals surface area contributed by atoms with E-state index >= 15 is 0 Å². The Morgan fingerprint density at radius 3 is 3.00 bits per heavy atom. The smallest absolute Gasteiger partial charge is 0.342 e. The summed E-state index contributed by atoms with van der Waals surface area (Å²) in [6, 6.07) is 0. The second kappa shape index (κ2) is 5.35. The Morgan fingerprint density at radius 1 is 1.75 bits per heavy atom. The molecule has 1 N–H and O–H groups in total. The maximum Gasteiger partial charge on any atom is 0.342 e. The average Bonchev–Trinajstić information content (AvgIpc) is 2.54. The number of nitro groups is 1. The first-order chi connectivity index (χ1) is 7.52. The number of hydrogen-bond donors (Lipinski definition) is 1. The number of aryl methyl sites for hydroxylation is 1. The van der Waals surface area contributed by atoms with Crippen molar-refractivity contribution in [2.45, 2.75) is 13.5 Å². The lowest BCUT2D eigenvalue weighted by Crippen LogP contribution is -2.32. The van der Waals surface area contributed by atoms with E-state index in [4.69, 9.17) is 0 Å². The predicted octanol–water partition coefficient (Wildman–Crippen LogP) is -0.319. The molecule has 0 bridgehead atoms. The maximum atomic E-state index is 10.6. The molecule has 0 aliphatic rings. The second-order valence-corrected chi connectivity index (χ2v) is 3.71. The van der Waals surface area contributed by atoms with Crippen molar-refractivity contribution in [3.63, 3.8) is 0 Å². The first kappa shape index (κ1) is 12.3. The van der Waals surface area contributed by atoms with Crippen molar-refractivity contribution in [3.05, 3.63) is 22.1 Å². The molecule has 0 saturated heterocycles. The van der Waals surface area contributed by atoms with Crippen LogP contribution in [-0.4, -0.2) is 26.3 Å². The fourth-order valence-corrected chi connectivity index (χ4v) is 1.62. The molecule has 1 amide bonds. The van der Waals surface area contributed by atoms with Gasteiger partial charge in [-0.1, -0.05) is 0 Å². The van der Waals surface area contributed by atoms with Crippen molar-refractivity contribution in [1.29, 1.82) is 0 Å². The van der Waals surface area contributed by atoms with Crippen LogP contribution in [0.15, 0.2) is 6.20 Å². The van der Waals surface area contributed by atoms with Gasteiger partial charge in [0, 0.05) is 6.92 Å². The number of hydrogen-bond acceptors (Lipinski definition) is 6. The second-order valence-electron chi connectivity index (χ2n) is 2.81. The van der Waals surface area contributed by atoms with Gasteiger partial charge in [-0.2, -0.15) is 0 Å². The Morgan fingerprint density at radius 2 is 2.44 bits per heavy atom. The highest BCUT2D eigenvalue weighted by Gasteiger charge is 2.16. The van der Waals surface area contributed by atoms with E-state index in [1.54, 1.807) is 6.92 Å². The number of carbonyl (C=O) groups excluding carboxylic acids is 1. The van der Waals surface area contributed by atoms with Crippen molar-refractivity contribution < 1.29 is 14.8 Å². The summed E-state index contributed by atoms with van der Waals surface area (Å²) >= 11 is 0.905. The van der Waals surface area contributed by atoms with Crippen molar-refractivity contribution >= 4 is 23.9 Å². The molecule has 0 aromatic carbocycles. The Bertz CT molecular complexity index is 405. The van der Waals surface area contributed by atoms with Gasteiger partial charge in [0.15, 0.2) is 5.82 Å². The quantitative estimate of drug-likeness (QED) is 0.329. The van der Waals surface area contributed by atoms with Crippen LogP contribution < -0.4 is 9.83 Å². The van der Waals surface area contributed by atoms with Gasteiger partial charge in [-0.25, -0.2) is 9.55 Å². The summed E-state index contributed by atoms with van der Waals surface area (Å²) in [5.74, 6) is 0.763. The van der Waals surface area contributed by atoms with Gasteiger partial charge in [-0.05, 0) is 16.9 Å². The van der Waals surface area contributed by atoms with Gasteiger partial charge in [0.25, 0.3) is 0 Å². The number of rotatable bonds is 5. The summed E-state index contributed by atoms with van der Waals surface area (Å²) in [6.07, 6.45) is -0.214. The number of nitrogens with one attached hydrogen (secondary N) is 1. The van der Waals surface area contributed by atoms with Crippen molar-refractivity contribution in [3.8, 4) is 0 Å². The van der Waals surface area contributed by atoms with Crippen LogP contribution in [-0.2, 0) is 6.54 Å². The van der Waals surface area contributed by atoms with E-state index in [0.29, 0.717) is 18.1 Å². The van der Waals surface area contributed by atoms with E-state index in [0.717, 1.165) is 11.9 Å². The Kier molecular flexibility index (Phi) is 4.11. The van der Waals surface area contributed by atoms with E-state index in [1.807, 2.05) is 4.72 Å². The van der Waals surface area contributed by atoms with Crippen molar-refractivity contribution in [1.82, 2.24) is 14.3 Å². The van der Waals surface area contributed by atoms with Gasteiger partial charge in [0.1, 0.15) is 18.8 Å². The average molecular weight is 245 g/mol. The van der Waals surface area contributed by atoms with E-state index in [1.165, 1.54) is 10.8 Å². The van der Waals surface area contributed by atoms with Gasteiger partial charge in [-0.3, -0.25) is 0 Å². The van der Waals surface area contributed by atoms with Gasteiger partial charge >= 0.3 is 5.82 Å². The molecular weight excluding hydrogens is 236 g/mol. The first-order valence-corrected chi connectivity index (χ1v) is 5.26. The Balaban J connectivity index is 2.56. The van der Waals surface area contributed by atoms with Crippen LogP contribution in [0.2, 0.25) is 0 Å². The van der Waals surface area contributed by atoms with E-state index in [2.05, 4.69) is 4.98 Å². The molecule has 0 unspecified atom stereocenters. The van der Waals surface area contributed by atoms with Gasteiger partial charge in [-0.15, -0.1) is 0 Å². The maximum absolute atomic E-state index is 10.6. The molecule has 0 spiro atoms. The van der Waals surface area contributed by atoms with E-state index in [9.17, 15) is 20.0 Å². The first-order valence-electron chi connectivity index (χ1n) is 4.27. The van der Waals surface area contributed by atoms with Gasteiger partial charge < -0.3 is 24.7 Å². The fourth-order valence-electron chi connectivity index (χ4n) is 1.13.